The molecule has 3 aromatic carbocycles. The van der Waals surface area contributed by atoms with Crippen LogP contribution in [0.25, 0.3) is 22.4 Å². The summed E-state index contributed by atoms with van der Waals surface area (Å²) >= 11 is 1.48. The fraction of sp³-hybridized carbons (Fsp3) is 0.0800. The number of aromatic nitrogens is 3. The molecule has 0 aliphatic heterocycles. The average molecular weight is 477 g/mol. The maximum Gasteiger partial charge on any atom is 0.256 e. The van der Waals surface area contributed by atoms with Crippen LogP contribution in [0, 0.1) is 18.6 Å². The van der Waals surface area contributed by atoms with Gasteiger partial charge in [-0.25, -0.2) is 13.8 Å². The summed E-state index contributed by atoms with van der Waals surface area (Å²) < 4.78 is 33.0. The van der Waals surface area contributed by atoms with Gasteiger partial charge >= 0.3 is 0 Å². The van der Waals surface area contributed by atoms with Crippen molar-refractivity contribution in [2.75, 3.05) is 5.32 Å². The molecule has 2 heterocycles. The summed E-state index contributed by atoms with van der Waals surface area (Å²) in [6.45, 7) is 1.85. The Kier molecular flexibility index (Phi) is 5.85. The smallest absolute Gasteiger partial charge is 0.256 e. The number of nitrogens with zero attached hydrogens (tertiary/aromatic N) is 2. The van der Waals surface area contributed by atoms with Crippen LogP contribution >= 0.6 is 11.8 Å². The largest absolute Gasteiger partial charge is 0.360 e. The third-order valence-corrected chi connectivity index (χ3v) is 6.20. The fourth-order valence-corrected chi connectivity index (χ4v) is 4.43. The molecule has 34 heavy (non-hydrogen) atoms. The fourth-order valence-electron chi connectivity index (χ4n) is 3.51. The summed E-state index contributed by atoms with van der Waals surface area (Å²) in [5.74, 6) is 0.0771. The number of imidazole rings is 1. The van der Waals surface area contributed by atoms with E-state index in [0.717, 1.165) is 34.5 Å². The van der Waals surface area contributed by atoms with E-state index in [9.17, 15) is 13.6 Å². The van der Waals surface area contributed by atoms with Crippen molar-refractivity contribution in [1.82, 2.24) is 15.1 Å². The van der Waals surface area contributed by atoms with Gasteiger partial charge in [0.05, 0.1) is 33.6 Å². The first-order chi connectivity index (χ1) is 16.5. The highest BCUT2D eigenvalue weighted by molar-refractivity contribution is 7.98. The van der Waals surface area contributed by atoms with Crippen molar-refractivity contribution in [3.8, 4) is 11.4 Å². The lowest BCUT2D eigenvalue weighted by Crippen LogP contribution is -2.12. The van der Waals surface area contributed by atoms with Gasteiger partial charge in [0.15, 0.2) is 0 Å². The number of anilines is 1. The number of thioether (sulfide) groups is 1. The van der Waals surface area contributed by atoms with E-state index in [0.29, 0.717) is 28.0 Å². The number of amides is 1. The Labute approximate surface area is 197 Å². The molecule has 2 aromatic heterocycles. The number of aryl methyl sites for hydroxylation is 1. The van der Waals surface area contributed by atoms with Crippen LogP contribution in [0.4, 0.5) is 14.5 Å². The number of fused-ring (bicyclic) bond motifs is 1. The second-order valence-corrected chi connectivity index (χ2v) is 8.63. The van der Waals surface area contributed by atoms with E-state index in [1.165, 1.54) is 11.8 Å². The van der Waals surface area contributed by atoms with Gasteiger partial charge in [-0.15, -0.1) is 11.8 Å². The number of benzene rings is 3. The molecule has 0 aliphatic carbocycles. The molecule has 0 unspecified atom stereocenters. The summed E-state index contributed by atoms with van der Waals surface area (Å²) in [7, 11) is 0. The van der Waals surface area contributed by atoms with Crippen molar-refractivity contribution in [1.29, 1.82) is 0 Å². The Morgan fingerprint density at radius 2 is 1.94 bits per heavy atom. The number of carbonyl (C=O) groups excluding carboxylic acids is 1. The molecule has 0 saturated carbocycles. The number of nitrogens with one attached hydrogen (secondary N) is 2. The second kappa shape index (κ2) is 9.11. The van der Waals surface area contributed by atoms with Crippen molar-refractivity contribution in [3.63, 3.8) is 0 Å². The van der Waals surface area contributed by atoms with Gasteiger partial charge in [-0.1, -0.05) is 17.3 Å². The lowest BCUT2D eigenvalue weighted by atomic mass is 10.2. The molecule has 0 atom stereocenters. The molecule has 6 nitrogen and oxygen atoms in total. The summed E-state index contributed by atoms with van der Waals surface area (Å²) in [5, 5.41) is 6.77. The van der Waals surface area contributed by atoms with Crippen molar-refractivity contribution in [2.45, 2.75) is 17.6 Å². The van der Waals surface area contributed by atoms with Crippen LogP contribution in [0.5, 0.6) is 0 Å². The van der Waals surface area contributed by atoms with Crippen LogP contribution in [0.3, 0.4) is 0 Å². The van der Waals surface area contributed by atoms with Gasteiger partial charge in [-0.2, -0.15) is 0 Å². The molecule has 5 aromatic rings. The van der Waals surface area contributed by atoms with Gasteiger partial charge in [0, 0.05) is 16.6 Å². The zero-order valence-corrected chi connectivity index (χ0v) is 18.7. The molecule has 0 spiro atoms. The molecule has 0 radical (unpaired) electrons. The van der Waals surface area contributed by atoms with E-state index in [1.807, 2.05) is 25.1 Å². The standard InChI is InChI=1S/C25H18F2N4O2S/c1-14-10-17(33-31-14)13-34-23-5-3-2-4-18(23)25(32)28-16-7-9-21-22(12-16)30-24(29-21)19-11-15(26)6-8-20(19)27/h2-12H,13H2,1H3,(H,28,32)(H,29,30). The molecular formula is C25H18F2N4O2S. The molecule has 5 rings (SSSR count). The van der Waals surface area contributed by atoms with Crippen molar-refractivity contribution >= 4 is 34.4 Å². The maximum atomic E-state index is 14.1. The molecule has 0 bridgehead atoms. The molecule has 0 aliphatic rings. The predicted octanol–water partition coefficient (Wildman–Crippen LogP) is 6.35. The average Bonchev–Trinajstić information content (AvgIpc) is 3.45. The molecule has 0 saturated heterocycles. The first kappa shape index (κ1) is 21.8. The Hall–Kier alpha value is -3.98. The molecule has 2 N–H and O–H groups in total. The van der Waals surface area contributed by atoms with Crippen LogP contribution in [-0.4, -0.2) is 21.0 Å². The quantitative estimate of drug-likeness (QED) is 0.279. The van der Waals surface area contributed by atoms with Crippen molar-refractivity contribution in [2.24, 2.45) is 0 Å². The molecule has 170 valence electrons. The van der Waals surface area contributed by atoms with Crippen LogP contribution in [-0.2, 0) is 5.75 Å². The van der Waals surface area contributed by atoms with Crippen molar-refractivity contribution < 1.29 is 18.1 Å². The number of carbonyl (C=O) groups is 1. The van der Waals surface area contributed by atoms with Crippen LogP contribution in [0.15, 0.2) is 76.1 Å². The van der Waals surface area contributed by atoms with Gasteiger partial charge in [0.2, 0.25) is 0 Å². The van der Waals surface area contributed by atoms with E-state index >= 15 is 0 Å². The first-order valence-corrected chi connectivity index (χ1v) is 11.4. The van der Waals surface area contributed by atoms with E-state index in [1.54, 1.807) is 30.3 Å². The van der Waals surface area contributed by atoms with Crippen LogP contribution in [0.1, 0.15) is 21.8 Å². The minimum absolute atomic E-state index is 0.0367. The monoisotopic (exact) mass is 476 g/mol. The SMILES string of the molecule is Cc1cc(CSc2ccccc2C(=O)Nc2ccc3nc(-c4cc(F)ccc4F)[nH]c3c2)on1. The Morgan fingerprint density at radius 1 is 1.09 bits per heavy atom. The van der Waals surface area contributed by atoms with Gasteiger partial charge in [0.1, 0.15) is 23.2 Å². The minimum atomic E-state index is -0.580. The van der Waals surface area contributed by atoms with Crippen LogP contribution in [0.2, 0.25) is 0 Å². The van der Waals surface area contributed by atoms with E-state index in [4.69, 9.17) is 4.52 Å². The molecule has 1 amide bonds. The summed E-state index contributed by atoms with van der Waals surface area (Å²) in [4.78, 5) is 21.2. The normalized spacial score (nSPS) is 11.1. The van der Waals surface area contributed by atoms with Crippen LogP contribution < -0.4 is 5.32 Å². The summed E-state index contributed by atoms with van der Waals surface area (Å²) in [6.07, 6.45) is 0. The number of hydrogen-bond acceptors (Lipinski definition) is 5. The Bertz CT molecular complexity index is 1510. The highest BCUT2D eigenvalue weighted by Crippen LogP contribution is 2.29. The molecule has 9 heteroatoms. The summed E-state index contributed by atoms with van der Waals surface area (Å²) in [5.41, 5.74) is 3.05. The van der Waals surface area contributed by atoms with Gasteiger partial charge < -0.3 is 14.8 Å². The van der Waals surface area contributed by atoms with Gasteiger partial charge in [0.25, 0.3) is 5.91 Å². The van der Waals surface area contributed by atoms with Gasteiger partial charge in [-0.3, -0.25) is 4.79 Å². The first-order valence-electron chi connectivity index (χ1n) is 10.4. The lowest BCUT2D eigenvalue weighted by molar-refractivity contribution is 0.102. The van der Waals surface area contributed by atoms with Crippen molar-refractivity contribution in [3.05, 3.63) is 95.4 Å². The minimum Gasteiger partial charge on any atom is -0.360 e. The highest BCUT2D eigenvalue weighted by atomic mass is 32.2. The lowest BCUT2D eigenvalue weighted by Gasteiger charge is -2.09. The third kappa shape index (κ3) is 4.55. The number of halogens is 2. The number of hydrogen-bond donors (Lipinski definition) is 2. The zero-order valence-electron chi connectivity index (χ0n) is 17.9. The molecular weight excluding hydrogens is 458 g/mol. The Balaban J connectivity index is 1.36. The maximum absolute atomic E-state index is 14.1. The predicted molar refractivity (Wildman–Crippen MR) is 127 cm³/mol. The number of H-pyrrole nitrogens is 1. The Morgan fingerprint density at radius 3 is 2.76 bits per heavy atom. The topological polar surface area (TPSA) is 83.8 Å². The van der Waals surface area contributed by atoms with E-state index in [2.05, 4.69) is 20.4 Å². The highest BCUT2D eigenvalue weighted by Gasteiger charge is 2.15. The number of rotatable bonds is 6. The van der Waals surface area contributed by atoms with Gasteiger partial charge in [-0.05, 0) is 55.5 Å². The summed E-state index contributed by atoms with van der Waals surface area (Å²) in [6, 6.07) is 17.5. The number of aromatic amines is 1. The van der Waals surface area contributed by atoms with E-state index in [-0.39, 0.29) is 17.3 Å². The molecule has 0 fully saturated rings. The second-order valence-electron chi connectivity index (χ2n) is 7.62. The van der Waals surface area contributed by atoms with E-state index < -0.39 is 11.6 Å². The third-order valence-electron chi connectivity index (χ3n) is 5.10. The zero-order chi connectivity index (χ0) is 23.7.